The molecule has 1 aliphatic carbocycles. The number of nitrogens with zero attached hydrogens (tertiary/aromatic N) is 1. The molecule has 3 nitrogen and oxygen atoms in total. The summed E-state index contributed by atoms with van der Waals surface area (Å²) in [6, 6.07) is 2.53. The fraction of sp³-hybridized carbons (Fsp3) is 0.706. The molecule has 1 heterocycles. The van der Waals surface area contributed by atoms with Crippen molar-refractivity contribution >= 4 is 0 Å². The summed E-state index contributed by atoms with van der Waals surface area (Å²) in [5, 5.41) is 3.75. The minimum Gasteiger partial charge on any atom is -0.495 e. The smallest absolute Gasteiger partial charge is 0.141 e. The van der Waals surface area contributed by atoms with Crippen molar-refractivity contribution in [2.75, 3.05) is 13.7 Å². The van der Waals surface area contributed by atoms with Gasteiger partial charge in [-0.15, -0.1) is 0 Å². The molecule has 3 heteroatoms. The fourth-order valence-electron chi connectivity index (χ4n) is 3.29. The van der Waals surface area contributed by atoms with Gasteiger partial charge in [-0.25, -0.2) is 0 Å². The lowest BCUT2D eigenvalue weighted by molar-refractivity contribution is 0.312. The number of ether oxygens (including phenoxy) is 1. The molecule has 1 aromatic rings. The van der Waals surface area contributed by atoms with E-state index in [1.54, 1.807) is 7.11 Å². The highest BCUT2D eigenvalue weighted by molar-refractivity contribution is 5.33. The second kappa shape index (κ2) is 8.25. The quantitative estimate of drug-likeness (QED) is 0.794. The molecule has 1 aliphatic rings. The van der Waals surface area contributed by atoms with Gasteiger partial charge in [-0.1, -0.05) is 32.6 Å². The predicted molar refractivity (Wildman–Crippen MR) is 83.0 cm³/mol. The van der Waals surface area contributed by atoms with Crippen molar-refractivity contribution in [1.29, 1.82) is 0 Å². The second-order valence-electron chi connectivity index (χ2n) is 5.80. The fourth-order valence-corrected chi connectivity index (χ4v) is 3.29. The van der Waals surface area contributed by atoms with Crippen LogP contribution in [0.4, 0.5) is 0 Å². The summed E-state index contributed by atoms with van der Waals surface area (Å²) < 4.78 is 5.53. The highest BCUT2D eigenvalue weighted by Gasteiger charge is 2.26. The molecule has 1 saturated carbocycles. The standard InChI is InChI=1S/C17H28N2O/c1-3-11-19-17(14-8-6-4-5-7-9-14)15-10-12-18-13-16(15)20-2/h10,12-14,17,19H,3-9,11H2,1-2H3. The molecule has 1 atom stereocenters. The molecule has 1 fully saturated rings. The Morgan fingerprint density at radius 2 is 2.05 bits per heavy atom. The van der Waals surface area contributed by atoms with Crippen LogP contribution < -0.4 is 10.1 Å². The number of pyridine rings is 1. The third-order valence-electron chi connectivity index (χ3n) is 4.36. The molecule has 112 valence electrons. The molecule has 0 radical (unpaired) electrons. The van der Waals surface area contributed by atoms with Gasteiger partial charge in [0, 0.05) is 17.8 Å². The normalized spacial score (nSPS) is 18.5. The molecule has 0 amide bonds. The van der Waals surface area contributed by atoms with Gasteiger partial charge >= 0.3 is 0 Å². The molecule has 0 aliphatic heterocycles. The van der Waals surface area contributed by atoms with Gasteiger partial charge in [0.1, 0.15) is 5.75 Å². The lowest BCUT2D eigenvalue weighted by Gasteiger charge is -2.28. The van der Waals surface area contributed by atoms with Crippen molar-refractivity contribution < 1.29 is 4.74 Å². The topological polar surface area (TPSA) is 34.2 Å². The number of aromatic nitrogens is 1. The van der Waals surface area contributed by atoms with Gasteiger partial charge in [0.25, 0.3) is 0 Å². The molecule has 1 unspecified atom stereocenters. The summed E-state index contributed by atoms with van der Waals surface area (Å²) in [7, 11) is 1.74. The minimum atomic E-state index is 0.408. The molecule has 0 bridgehead atoms. The Hall–Kier alpha value is -1.09. The Bertz CT molecular complexity index is 386. The van der Waals surface area contributed by atoms with Crippen LogP contribution in [0.3, 0.4) is 0 Å². The predicted octanol–water partition coefficient (Wildman–Crippen LogP) is 4.10. The molecule has 0 spiro atoms. The van der Waals surface area contributed by atoms with Crippen molar-refractivity contribution in [3.8, 4) is 5.75 Å². The molecule has 1 N–H and O–H groups in total. The summed E-state index contributed by atoms with van der Waals surface area (Å²) >= 11 is 0. The van der Waals surface area contributed by atoms with Crippen LogP contribution in [-0.2, 0) is 0 Å². The van der Waals surface area contributed by atoms with Gasteiger partial charge in [0.15, 0.2) is 0 Å². The Labute approximate surface area is 123 Å². The Morgan fingerprint density at radius 1 is 1.30 bits per heavy atom. The molecule has 0 aromatic carbocycles. The van der Waals surface area contributed by atoms with E-state index in [4.69, 9.17) is 4.74 Å². The maximum absolute atomic E-state index is 5.53. The van der Waals surface area contributed by atoms with E-state index in [0.717, 1.165) is 24.6 Å². The van der Waals surface area contributed by atoms with Crippen molar-refractivity contribution in [2.45, 2.75) is 57.9 Å². The van der Waals surface area contributed by atoms with Gasteiger partial charge in [0.05, 0.1) is 13.3 Å². The van der Waals surface area contributed by atoms with E-state index >= 15 is 0 Å². The van der Waals surface area contributed by atoms with Gasteiger partial charge in [0.2, 0.25) is 0 Å². The number of nitrogens with one attached hydrogen (secondary N) is 1. The van der Waals surface area contributed by atoms with Gasteiger partial charge in [-0.05, 0) is 37.8 Å². The monoisotopic (exact) mass is 276 g/mol. The number of methoxy groups -OCH3 is 1. The van der Waals surface area contributed by atoms with Gasteiger partial charge in [-0.2, -0.15) is 0 Å². The Morgan fingerprint density at radius 3 is 2.70 bits per heavy atom. The van der Waals surface area contributed by atoms with Crippen LogP contribution in [0.2, 0.25) is 0 Å². The maximum atomic E-state index is 5.53. The van der Waals surface area contributed by atoms with E-state index in [9.17, 15) is 0 Å². The lowest BCUT2D eigenvalue weighted by atomic mass is 9.87. The zero-order valence-electron chi connectivity index (χ0n) is 12.9. The minimum absolute atomic E-state index is 0.408. The summed E-state index contributed by atoms with van der Waals surface area (Å²) in [5.74, 6) is 1.64. The first-order valence-electron chi connectivity index (χ1n) is 8.08. The summed E-state index contributed by atoms with van der Waals surface area (Å²) in [6.45, 7) is 3.29. The van der Waals surface area contributed by atoms with E-state index in [1.165, 1.54) is 44.1 Å². The SMILES string of the molecule is CCCNC(c1ccncc1OC)C1CCCCCC1. The zero-order chi connectivity index (χ0) is 14.2. The molecule has 2 rings (SSSR count). The van der Waals surface area contributed by atoms with Crippen LogP contribution >= 0.6 is 0 Å². The molecular formula is C17H28N2O. The summed E-state index contributed by atoms with van der Waals surface area (Å²) in [4.78, 5) is 4.19. The average molecular weight is 276 g/mol. The van der Waals surface area contributed by atoms with Crippen LogP contribution in [-0.4, -0.2) is 18.6 Å². The third kappa shape index (κ3) is 3.95. The van der Waals surface area contributed by atoms with Crippen molar-refractivity contribution in [3.63, 3.8) is 0 Å². The third-order valence-corrected chi connectivity index (χ3v) is 4.36. The van der Waals surface area contributed by atoms with Crippen LogP contribution in [0.1, 0.15) is 63.5 Å². The number of hydrogen-bond acceptors (Lipinski definition) is 3. The lowest BCUT2D eigenvalue weighted by Crippen LogP contribution is -2.29. The van der Waals surface area contributed by atoms with Crippen LogP contribution in [0, 0.1) is 5.92 Å². The number of rotatable bonds is 6. The first-order valence-corrected chi connectivity index (χ1v) is 8.08. The first-order chi connectivity index (χ1) is 9.86. The highest BCUT2D eigenvalue weighted by Crippen LogP contribution is 2.36. The number of hydrogen-bond donors (Lipinski definition) is 1. The zero-order valence-corrected chi connectivity index (χ0v) is 12.9. The van der Waals surface area contributed by atoms with E-state index < -0.39 is 0 Å². The van der Waals surface area contributed by atoms with Crippen LogP contribution in [0.25, 0.3) is 0 Å². The molecule has 0 saturated heterocycles. The van der Waals surface area contributed by atoms with Crippen LogP contribution in [0.5, 0.6) is 5.75 Å². The Balaban J connectivity index is 2.20. The average Bonchev–Trinajstić information content (AvgIpc) is 2.77. The van der Waals surface area contributed by atoms with E-state index in [1.807, 2.05) is 12.4 Å². The van der Waals surface area contributed by atoms with Crippen molar-refractivity contribution in [2.24, 2.45) is 5.92 Å². The van der Waals surface area contributed by atoms with E-state index in [0.29, 0.717) is 6.04 Å². The van der Waals surface area contributed by atoms with E-state index in [2.05, 4.69) is 23.3 Å². The highest BCUT2D eigenvalue weighted by atomic mass is 16.5. The van der Waals surface area contributed by atoms with E-state index in [-0.39, 0.29) is 0 Å². The molecular weight excluding hydrogens is 248 g/mol. The maximum Gasteiger partial charge on any atom is 0.141 e. The van der Waals surface area contributed by atoms with Crippen molar-refractivity contribution in [3.05, 3.63) is 24.0 Å². The Kier molecular flexibility index (Phi) is 6.31. The second-order valence-corrected chi connectivity index (χ2v) is 5.80. The summed E-state index contributed by atoms with van der Waals surface area (Å²) in [6.07, 6.45) is 13.1. The largest absolute Gasteiger partial charge is 0.495 e. The van der Waals surface area contributed by atoms with Crippen LogP contribution in [0.15, 0.2) is 18.5 Å². The van der Waals surface area contributed by atoms with Crippen molar-refractivity contribution in [1.82, 2.24) is 10.3 Å². The van der Waals surface area contributed by atoms with Gasteiger partial charge < -0.3 is 10.1 Å². The first kappa shape index (κ1) is 15.3. The molecule has 20 heavy (non-hydrogen) atoms. The van der Waals surface area contributed by atoms with Gasteiger partial charge in [-0.3, -0.25) is 4.98 Å². The molecule has 1 aromatic heterocycles. The summed E-state index contributed by atoms with van der Waals surface area (Å²) in [5.41, 5.74) is 1.28.